The predicted octanol–water partition coefficient (Wildman–Crippen LogP) is 2.50. The number of nitrogens with zero attached hydrogens (tertiary/aromatic N) is 1. The van der Waals surface area contributed by atoms with E-state index in [9.17, 15) is 4.79 Å². The number of hydrogen-bond donors (Lipinski definition) is 1. The van der Waals surface area contributed by atoms with Gasteiger partial charge < -0.3 is 10.6 Å². The number of carbonyl (C=O) groups is 1. The first kappa shape index (κ1) is 15.8. The third-order valence-electron chi connectivity index (χ3n) is 3.87. The molecular weight excluding hydrogens is 244 g/mol. The molecule has 1 heterocycles. The summed E-state index contributed by atoms with van der Waals surface area (Å²) in [6.45, 7) is 7.03. The third kappa shape index (κ3) is 5.19. The molecule has 1 amide bonds. The quantitative estimate of drug-likeness (QED) is 0.774. The molecule has 1 rings (SSSR count). The zero-order valence-corrected chi connectivity index (χ0v) is 12.7. The van der Waals surface area contributed by atoms with Gasteiger partial charge in [-0.2, -0.15) is 11.8 Å². The van der Waals surface area contributed by atoms with Gasteiger partial charge in [0.15, 0.2) is 0 Å². The smallest absolute Gasteiger partial charge is 0.222 e. The standard InChI is InChI=1S/C14H28N2OS/c1-3-12(7-8-15)5-6-14(17)16-9-10-18-13(4-2)11-16/h12-13H,3-11,15H2,1-2H3. The largest absolute Gasteiger partial charge is 0.341 e. The summed E-state index contributed by atoms with van der Waals surface area (Å²) in [6.07, 6.45) is 5.07. The van der Waals surface area contributed by atoms with Crippen LogP contribution in [0.15, 0.2) is 0 Å². The highest BCUT2D eigenvalue weighted by molar-refractivity contribution is 8.00. The summed E-state index contributed by atoms with van der Waals surface area (Å²) in [5.41, 5.74) is 5.59. The molecule has 1 saturated heterocycles. The summed E-state index contributed by atoms with van der Waals surface area (Å²) >= 11 is 2.01. The molecule has 4 heteroatoms. The Morgan fingerprint density at radius 1 is 1.44 bits per heavy atom. The maximum atomic E-state index is 12.2. The van der Waals surface area contributed by atoms with Crippen molar-refractivity contribution in [2.24, 2.45) is 11.7 Å². The van der Waals surface area contributed by atoms with Crippen molar-refractivity contribution in [1.29, 1.82) is 0 Å². The molecule has 1 aliphatic rings. The highest BCUT2D eigenvalue weighted by atomic mass is 32.2. The molecular formula is C14H28N2OS. The Kier molecular flexibility index (Phi) is 7.75. The van der Waals surface area contributed by atoms with Gasteiger partial charge in [-0.3, -0.25) is 4.79 Å². The molecule has 1 fully saturated rings. The molecule has 2 unspecified atom stereocenters. The predicted molar refractivity (Wildman–Crippen MR) is 79.8 cm³/mol. The Bertz CT molecular complexity index is 248. The van der Waals surface area contributed by atoms with E-state index in [0.29, 0.717) is 23.5 Å². The SMILES string of the molecule is CCC(CCN)CCC(=O)N1CCSC(CC)C1. The average Bonchev–Trinajstić information content (AvgIpc) is 2.43. The van der Waals surface area contributed by atoms with Crippen molar-refractivity contribution in [3.05, 3.63) is 0 Å². The van der Waals surface area contributed by atoms with Crippen LogP contribution in [0.4, 0.5) is 0 Å². The van der Waals surface area contributed by atoms with Crippen LogP contribution in [0.25, 0.3) is 0 Å². The van der Waals surface area contributed by atoms with Crippen LogP contribution in [0.3, 0.4) is 0 Å². The summed E-state index contributed by atoms with van der Waals surface area (Å²) in [6, 6.07) is 0. The van der Waals surface area contributed by atoms with E-state index in [1.54, 1.807) is 0 Å². The van der Waals surface area contributed by atoms with Crippen LogP contribution < -0.4 is 5.73 Å². The van der Waals surface area contributed by atoms with Gasteiger partial charge in [-0.05, 0) is 31.7 Å². The molecule has 1 aliphatic heterocycles. The van der Waals surface area contributed by atoms with Gasteiger partial charge in [-0.25, -0.2) is 0 Å². The molecule has 0 aromatic rings. The molecule has 0 aromatic heterocycles. The van der Waals surface area contributed by atoms with E-state index in [4.69, 9.17) is 5.73 Å². The Hall–Kier alpha value is -0.220. The summed E-state index contributed by atoms with van der Waals surface area (Å²) < 4.78 is 0. The Labute approximate surface area is 116 Å². The van der Waals surface area contributed by atoms with Crippen molar-refractivity contribution in [3.63, 3.8) is 0 Å². The molecule has 18 heavy (non-hydrogen) atoms. The van der Waals surface area contributed by atoms with Gasteiger partial charge in [0.2, 0.25) is 5.91 Å². The summed E-state index contributed by atoms with van der Waals surface area (Å²) in [4.78, 5) is 14.2. The number of nitrogens with two attached hydrogens (primary N) is 1. The summed E-state index contributed by atoms with van der Waals surface area (Å²) in [5, 5.41) is 0.647. The lowest BCUT2D eigenvalue weighted by Gasteiger charge is -2.32. The van der Waals surface area contributed by atoms with Gasteiger partial charge in [-0.15, -0.1) is 0 Å². The average molecular weight is 272 g/mol. The van der Waals surface area contributed by atoms with E-state index in [1.165, 1.54) is 6.42 Å². The van der Waals surface area contributed by atoms with Gasteiger partial charge >= 0.3 is 0 Å². The lowest BCUT2D eigenvalue weighted by molar-refractivity contribution is -0.131. The van der Waals surface area contributed by atoms with Crippen molar-refractivity contribution in [3.8, 4) is 0 Å². The van der Waals surface area contributed by atoms with Gasteiger partial charge in [-0.1, -0.05) is 20.3 Å². The van der Waals surface area contributed by atoms with Crippen molar-refractivity contribution in [2.75, 3.05) is 25.4 Å². The van der Waals surface area contributed by atoms with Crippen molar-refractivity contribution < 1.29 is 4.79 Å². The van der Waals surface area contributed by atoms with Crippen molar-refractivity contribution in [2.45, 2.75) is 51.2 Å². The van der Waals surface area contributed by atoms with E-state index >= 15 is 0 Å². The molecule has 3 nitrogen and oxygen atoms in total. The second kappa shape index (κ2) is 8.81. The number of amides is 1. The Morgan fingerprint density at radius 3 is 2.83 bits per heavy atom. The van der Waals surface area contributed by atoms with Crippen LogP contribution in [0.5, 0.6) is 0 Å². The van der Waals surface area contributed by atoms with E-state index in [1.807, 2.05) is 11.8 Å². The minimum atomic E-state index is 0.351. The first-order valence-electron chi connectivity index (χ1n) is 7.30. The molecule has 106 valence electrons. The van der Waals surface area contributed by atoms with Crippen LogP contribution >= 0.6 is 11.8 Å². The van der Waals surface area contributed by atoms with Crippen molar-refractivity contribution >= 4 is 17.7 Å². The van der Waals surface area contributed by atoms with Crippen LogP contribution in [0.2, 0.25) is 0 Å². The first-order chi connectivity index (χ1) is 8.71. The molecule has 0 aliphatic carbocycles. The van der Waals surface area contributed by atoms with Crippen LogP contribution in [-0.4, -0.2) is 41.4 Å². The number of rotatable bonds is 7. The topological polar surface area (TPSA) is 46.3 Å². The van der Waals surface area contributed by atoms with E-state index < -0.39 is 0 Å². The van der Waals surface area contributed by atoms with E-state index in [-0.39, 0.29) is 0 Å². The first-order valence-corrected chi connectivity index (χ1v) is 8.35. The zero-order chi connectivity index (χ0) is 13.4. The fourth-order valence-electron chi connectivity index (χ4n) is 2.47. The fraction of sp³-hybridized carbons (Fsp3) is 0.929. The van der Waals surface area contributed by atoms with Gasteiger partial charge in [0.25, 0.3) is 0 Å². The van der Waals surface area contributed by atoms with Gasteiger partial charge in [0, 0.05) is 30.5 Å². The minimum absolute atomic E-state index is 0.351. The molecule has 0 aromatic carbocycles. The van der Waals surface area contributed by atoms with Gasteiger partial charge in [0.05, 0.1) is 0 Å². The maximum Gasteiger partial charge on any atom is 0.222 e. The van der Waals surface area contributed by atoms with E-state index in [2.05, 4.69) is 18.7 Å². The third-order valence-corrected chi connectivity index (χ3v) is 5.24. The monoisotopic (exact) mass is 272 g/mol. The lowest BCUT2D eigenvalue weighted by Crippen LogP contribution is -2.41. The second-order valence-electron chi connectivity index (χ2n) is 5.13. The zero-order valence-electron chi connectivity index (χ0n) is 11.9. The van der Waals surface area contributed by atoms with Crippen LogP contribution in [0, 0.1) is 5.92 Å². The number of thioether (sulfide) groups is 1. The normalized spacial score (nSPS) is 21.9. The summed E-state index contributed by atoms with van der Waals surface area (Å²) in [7, 11) is 0. The van der Waals surface area contributed by atoms with Crippen molar-refractivity contribution in [1.82, 2.24) is 4.90 Å². The maximum absolute atomic E-state index is 12.2. The Morgan fingerprint density at radius 2 is 2.22 bits per heavy atom. The van der Waals surface area contributed by atoms with Crippen LogP contribution in [-0.2, 0) is 4.79 Å². The highest BCUT2D eigenvalue weighted by Crippen LogP contribution is 2.22. The van der Waals surface area contributed by atoms with E-state index in [0.717, 1.165) is 44.6 Å². The second-order valence-corrected chi connectivity index (χ2v) is 6.54. The molecule has 0 bridgehead atoms. The molecule has 0 saturated carbocycles. The lowest BCUT2D eigenvalue weighted by atomic mass is 9.96. The fourth-order valence-corrected chi connectivity index (χ4v) is 3.65. The Balaban J connectivity index is 2.31. The molecule has 0 radical (unpaired) electrons. The number of carbonyl (C=O) groups excluding carboxylic acids is 1. The van der Waals surface area contributed by atoms with Gasteiger partial charge in [0.1, 0.15) is 0 Å². The summed E-state index contributed by atoms with van der Waals surface area (Å²) in [5.74, 6) is 2.08. The highest BCUT2D eigenvalue weighted by Gasteiger charge is 2.23. The molecule has 2 atom stereocenters. The molecule has 0 spiro atoms. The molecule has 2 N–H and O–H groups in total. The van der Waals surface area contributed by atoms with Crippen LogP contribution in [0.1, 0.15) is 46.0 Å². The minimum Gasteiger partial charge on any atom is -0.341 e. The number of hydrogen-bond acceptors (Lipinski definition) is 3.